The van der Waals surface area contributed by atoms with Gasteiger partial charge >= 0.3 is 0 Å². The lowest BCUT2D eigenvalue weighted by Gasteiger charge is -2.36. The summed E-state index contributed by atoms with van der Waals surface area (Å²) in [6.45, 7) is 2.92. The van der Waals surface area contributed by atoms with Gasteiger partial charge in [-0.15, -0.1) is 0 Å². The highest BCUT2D eigenvalue weighted by Gasteiger charge is 2.40. The molecule has 6 heteroatoms. The van der Waals surface area contributed by atoms with Crippen LogP contribution in [0.1, 0.15) is 25.3 Å². The van der Waals surface area contributed by atoms with Crippen molar-refractivity contribution in [3.8, 4) is 16.9 Å². The van der Waals surface area contributed by atoms with Gasteiger partial charge in [-0.3, -0.25) is 4.79 Å². The van der Waals surface area contributed by atoms with Gasteiger partial charge in [0.25, 0.3) is 0 Å². The first-order chi connectivity index (χ1) is 13.9. The fraction of sp³-hybridized carbons (Fsp3) is 0.435. The van der Waals surface area contributed by atoms with Gasteiger partial charge in [0.05, 0.1) is 18.6 Å². The molecule has 0 aliphatic carbocycles. The molecule has 0 radical (unpaired) electrons. The molecule has 1 atom stereocenters. The van der Waals surface area contributed by atoms with E-state index >= 15 is 0 Å². The Morgan fingerprint density at radius 1 is 1.28 bits per heavy atom. The van der Waals surface area contributed by atoms with Gasteiger partial charge < -0.3 is 19.9 Å². The van der Waals surface area contributed by atoms with E-state index in [0.717, 1.165) is 11.1 Å². The van der Waals surface area contributed by atoms with Crippen molar-refractivity contribution >= 4 is 5.91 Å². The lowest BCUT2D eigenvalue weighted by Crippen LogP contribution is -2.47. The molecule has 3 rings (SSSR count). The standard InChI is InChI=1S/C23H28FNO4/c1-16(26)15-25-22(27)23(8-10-29-11-9-23)14-17-4-3-5-18(12-17)20-13-19(24)6-7-21(20)28-2/h3-7,12-13,16,26H,8-11,14-15H2,1-2H3,(H,25,27)/t16-/m0/s1. The summed E-state index contributed by atoms with van der Waals surface area (Å²) >= 11 is 0. The van der Waals surface area contributed by atoms with E-state index in [1.54, 1.807) is 20.1 Å². The predicted molar refractivity (Wildman–Crippen MR) is 109 cm³/mol. The molecule has 1 amide bonds. The van der Waals surface area contributed by atoms with E-state index in [0.29, 0.717) is 43.8 Å². The molecule has 0 saturated carbocycles. The van der Waals surface area contributed by atoms with Crippen LogP contribution in [0.2, 0.25) is 0 Å². The van der Waals surface area contributed by atoms with Crippen LogP contribution in [0.15, 0.2) is 42.5 Å². The van der Waals surface area contributed by atoms with Gasteiger partial charge in [0, 0.05) is 25.3 Å². The minimum absolute atomic E-state index is 0.0598. The first kappa shape index (κ1) is 21.3. The van der Waals surface area contributed by atoms with Crippen molar-refractivity contribution in [3.05, 3.63) is 53.8 Å². The van der Waals surface area contributed by atoms with E-state index in [4.69, 9.17) is 9.47 Å². The summed E-state index contributed by atoms with van der Waals surface area (Å²) in [5, 5.41) is 12.4. The van der Waals surface area contributed by atoms with E-state index in [1.807, 2.05) is 24.3 Å². The number of carbonyl (C=O) groups excluding carboxylic acids is 1. The summed E-state index contributed by atoms with van der Waals surface area (Å²) in [7, 11) is 1.56. The number of halogens is 1. The van der Waals surface area contributed by atoms with Crippen molar-refractivity contribution in [2.75, 3.05) is 26.9 Å². The van der Waals surface area contributed by atoms with Gasteiger partial charge in [0.15, 0.2) is 0 Å². The Hall–Kier alpha value is -2.44. The molecule has 0 aromatic heterocycles. The smallest absolute Gasteiger partial charge is 0.226 e. The Balaban J connectivity index is 1.89. The first-order valence-electron chi connectivity index (χ1n) is 9.90. The zero-order chi connectivity index (χ0) is 20.9. The van der Waals surface area contributed by atoms with Crippen LogP contribution in [-0.4, -0.2) is 44.0 Å². The van der Waals surface area contributed by atoms with Crippen LogP contribution in [0.25, 0.3) is 11.1 Å². The number of amides is 1. The normalized spacial score (nSPS) is 16.8. The number of aliphatic hydroxyl groups excluding tert-OH is 1. The summed E-state index contributed by atoms with van der Waals surface area (Å²) in [5.74, 6) is 0.207. The van der Waals surface area contributed by atoms with E-state index in [1.165, 1.54) is 12.1 Å². The molecule has 1 fully saturated rings. The Labute approximate surface area is 170 Å². The molecule has 1 aliphatic rings. The van der Waals surface area contributed by atoms with Crippen molar-refractivity contribution < 1.29 is 23.8 Å². The van der Waals surface area contributed by atoms with Crippen LogP contribution >= 0.6 is 0 Å². The van der Waals surface area contributed by atoms with Crippen molar-refractivity contribution in [1.29, 1.82) is 0 Å². The third-order valence-corrected chi connectivity index (χ3v) is 5.43. The van der Waals surface area contributed by atoms with Gasteiger partial charge in [-0.1, -0.05) is 24.3 Å². The van der Waals surface area contributed by atoms with Crippen molar-refractivity contribution in [1.82, 2.24) is 5.32 Å². The van der Waals surface area contributed by atoms with Crippen LogP contribution in [0.5, 0.6) is 5.75 Å². The van der Waals surface area contributed by atoms with E-state index in [-0.39, 0.29) is 18.3 Å². The predicted octanol–water partition coefficient (Wildman–Crippen LogP) is 3.34. The number of hydrogen-bond donors (Lipinski definition) is 2. The molecular weight excluding hydrogens is 373 g/mol. The Kier molecular flexibility index (Phi) is 6.87. The zero-order valence-electron chi connectivity index (χ0n) is 16.9. The monoisotopic (exact) mass is 401 g/mol. The fourth-order valence-corrected chi connectivity index (χ4v) is 3.82. The van der Waals surface area contributed by atoms with Gasteiger partial charge in [-0.2, -0.15) is 0 Å². The van der Waals surface area contributed by atoms with Crippen LogP contribution < -0.4 is 10.1 Å². The maximum Gasteiger partial charge on any atom is 0.226 e. The number of rotatable bonds is 7. The quantitative estimate of drug-likeness (QED) is 0.747. The third-order valence-electron chi connectivity index (χ3n) is 5.43. The highest BCUT2D eigenvalue weighted by molar-refractivity contribution is 5.83. The number of benzene rings is 2. The number of hydrogen-bond acceptors (Lipinski definition) is 4. The number of nitrogens with one attached hydrogen (secondary N) is 1. The summed E-state index contributed by atoms with van der Waals surface area (Å²) in [5.41, 5.74) is 1.92. The average Bonchev–Trinajstić information content (AvgIpc) is 2.72. The van der Waals surface area contributed by atoms with Gasteiger partial charge in [0.2, 0.25) is 5.91 Å². The van der Waals surface area contributed by atoms with Crippen molar-refractivity contribution in [3.63, 3.8) is 0 Å². The second-order valence-electron chi connectivity index (χ2n) is 7.67. The van der Waals surface area contributed by atoms with Crippen LogP contribution in [0.3, 0.4) is 0 Å². The number of methoxy groups -OCH3 is 1. The molecule has 2 N–H and O–H groups in total. The molecule has 1 heterocycles. The first-order valence-corrected chi connectivity index (χ1v) is 9.90. The molecule has 1 saturated heterocycles. The summed E-state index contributed by atoms with van der Waals surface area (Å²) < 4.78 is 24.7. The molecule has 2 aromatic carbocycles. The van der Waals surface area contributed by atoms with Crippen molar-refractivity contribution in [2.45, 2.75) is 32.3 Å². The van der Waals surface area contributed by atoms with Gasteiger partial charge in [0.1, 0.15) is 11.6 Å². The Morgan fingerprint density at radius 3 is 2.72 bits per heavy atom. The second kappa shape index (κ2) is 9.37. The van der Waals surface area contributed by atoms with Crippen LogP contribution in [-0.2, 0) is 16.0 Å². The van der Waals surface area contributed by atoms with Crippen molar-refractivity contribution in [2.24, 2.45) is 5.41 Å². The van der Waals surface area contributed by atoms with Gasteiger partial charge in [-0.05, 0) is 55.5 Å². The largest absolute Gasteiger partial charge is 0.496 e. The summed E-state index contributed by atoms with van der Waals surface area (Å²) in [6, 6.07) is 12.2. The Morgan fingerprint density at radius 2 is 2.03 bits per heavy atom. The van der Waals surface area contributed by atoms with Crippen LogP contribution in [0, 0.1) is 11.2 Å². The SMILES string of the molecule is COc1ccc(F)cc1-c1cccc(CC2(C(=O)NC[C@H](C)O)CCOCC2)c1. The summed E-state index contributed by atoms with van der Waals surface area (Å²) in [6.07, 6.45) is 1.19. The molecule has 0 unspecified atom stereocenters. The molecule has 2 aromatic rings. The zero-order valence-corrected chi connectivity index (χ0v) is 16.9. The number of carbonyl (C=O) groups is 1. The third kappa shape index (κ3) is 5.14. The summed E-state index contributed by atoms with van der Waals surface area (Å²) in [4.78, 5) is 13.0. The molecule has 1 aliphatic heterocycles. The van der Waals surface area contributed by atoms with E-state index in [9.17, 15) is 14.3 Å². The molecule has 5 nitrogen and oxygen atoms in total. The molecule has 0 spiro atoms. The number of aliphatic hydroxyl groups is 1. The second-order valence-corrected chi connectivity index (χ2v) is 7.67. The minimum atomic E-state index is -0.598. The molecular formula is C23H28FNO4. The highest BCUT2D eigenvalue weighted by atomic mass is 19.1. The lowest BCUT2D eigenvalue weighted by molar-refractivity contribution is -0.137. The minimum Gasteiger partial charge on any atom is -0.496 e. The number of ether oxygens (including phenoxy) is 2. The maximum absolute atomic E-state index is 13.8. The van der Waals surface area contributed by atoms with E-state index in [2.05, 4.69) is 5.32 Å². The Bertz CT molecular complexity index is 847. The molecule has 29 heavy (non-hydrogen) atoms. The van der Waals surface area contributed by atoms with Gasteiger partial charge in [-0.25, -0.2) is 4.39 Å². The average molecular weight is 401 g/mol. The van der Waals surface area contributed by atoms with E-state index < -0.39 is 11.5 Å². The highest BCUT2D eigenvalue weighted by Crippen LogP contribution is 2.37. The topological polar surface area (TPSA) is 67.8 Å². The molecule has 156 valence electrons. The fourth-order valence-electron chi connectivity index (χ4n) is 3.82. The molecule has 0 bridgehead atoms. The van der Waals surface area contributed by atoms with Crippen LogP contribution in [0.4, 0.5) is 4.39 Å². The lowest BCUT2D eigenvalue weighted by atomic mass is 9.74. The maximum atomic E-state index is 13.8.